The van der Waals surface area contributed by atoms with Gasteiger partial charge in [0.2, 0.25) is 5.91 Å². The summed E-state index contributed by atoms with van der Waals surface area (Å²) in [4.78, 5) is 24.9. The summed E-state index contributed by atoms with van der Waals surface area (Å²) in [6, 6.07) is 4.73. The van der Waals surface area contributed by atoms with Gasteiger partial charge >= 0.3 is 0 Å². The van der Waals surface area contributed by atoms with Gasteiger partial charge in [0.1, 0.15) is 17.5 Å². The van der Waals surface area contributed by atoms with Crippen molar-refractivity contribution in [3.8, 4) is 0 Å². The van der Waals surface area contributed by atoms with E-state index in [4.69, 9.17) is 11.6 Å². The lowest BCUT2D eigenvalue weighted by Crippen LogP contribution is -2.48. The Bertz CT molecular complexity index is 830. The van der Waals surface area contributed by atoms with Crippen molar-refractivity contribution >= 4 is 23.3 Å². The molecule has 0 radical (unpaired) electrons. The zero-order valence-electron chi connectivity index (χ0n) is 15.9. The monoisotopic (exact) mass is 390 g/mol. The molecule has 2 heterocycles. The van der Waals surface area contributed by atoms with Crippen molar-refractivity contribution in [1.29, 1.82) is 0 Å². The van der Waals surface area contributed by atoms with Crippen LogP contribution in [0, 0.1) is 12.7 Å². The molecule has 3 rings (SSSR count). The molecule has 5 nitrogen and oxygen atoms in total. The highest BCUT2D eigenvalue weighted by atomic mass is 35.5. The lowest BCUT2D eigenvalue weighted by atomic mass is 10.0. The number of halogens is 2. The van der Waals surface area contributed by atoms with E-state index < -0.39 is 0 Å². The second-order valence-electron chi connectivity index (χ2n) is 6.74. The molecule has 2 aromatic rings. The Kier molecular flexibility index (Phi) is 5.95. The lowest BCUT2D eigenvalue weighted by molar-refractivity contribution is -0.129. The quantitative estimate of drug-likeness (QED) is 0.802. The molecule has 7 heteroatoms. The summed E-state index contributed by atoms with van der Waals surface area (Å²) in [5.41, 5.74) is 2.28. The highest BCUT2D eigenvalue weighted by molar-refractivity contribution is 6.31. The molecule has 1 aromatic heterocycles. The van der Waals surface area contributed by atoms with Crippen LogP contribution in [0.1, 0.15) is 36.5 Å². The molecule has 1 aromatic carbocycles. The molecule has 0 bridgehead atoms. The van der Waals surface area contributed by atoms with E-state index in [1.807, 2.05) is 18.7 Å². The molecule has 1 saturated heterocycles. The van der Waals surface area contributed by atoms with Crippen LogP contribution in [0.3, 0.4) is 0 Å². The Balaban J connectivity index is 1.99. The van der Waals surface area contributed by atoms with E-state index >= 15 is 0 Å². The fraction of sp³-hybridized carbons (Fsp3) is 0.450. The Morgan fingerprint density at radius 2 is 1.89 bits per heavy atom. The molecule has 1 amide bonds. The van der Waals surface area contributed by atoms with E-state index in [2.05, 4.69) is 14.9 Å². The van der Waals surface area contributed by atoms with E-state index in [1.54, 1.807) is 19.1 Å². The molecule has 1 fully saturated rings. The minimum Gasteiger partial charge on any atom is -0.353 e. The largest absolute Gasteiger partial charge is 0.353 e. The maximum atomic E-state index is 14.4. The van der Waals surface area contributed by atoms with Crippen molar-refractivity contribution in [2.45, 2.75) is 33.6 Å². The zero-order valence-corrected chi connectivity index (χ0v) is 16.7. The highest BCUT2D eigenvalue weighted by Gasteiger charge is 2.24. The molecular formula is C20H24ClFN4O. The lowest BCUT2D eigenvalue weighted by Gasteiger charge is -2.36. The number of nitrogens with zero attached hydrogens (tertiary/aromatic N) is 4. The maximum absolute atomic E-state index is 14.4. The number of benzene rings is 1. The number of amides is 1. The van der Waals surface area contributed by atoms with Crippen LogP contribution >= 0.6 is 11.6 Å². The molecule has 0 unspecified atom stereocenters. The predicted octanol–water partition coefficient (Wildman–Crippen LogP) is 3.40. The Hall–Kier alpha value is -2.21. The van der Waals surface area contributed by atoms with Gasteiger partial charge in [0.15, 0.2) is 0 Å². The van der Waals surface area contributed by atoms with Crippen LogP contribution in [0.2, 0.25) is 5.02 Å². The predicted molar refractivity (Wildman–Crippen MR) is 105 cm³/mol. The molecular weight excluding hydrogens is 367 g/mol. The van der Waals surface area contributed by atoms with Gasteiger partial charge in [-0.2, -0.15) is 0 Å². The number of rotatable bonds is 4. The molecule has 27 heavy (non-hydrogen) atoms. The van der Waals surface area contributed by atoms with Crippen LogP contribution in [-0.4, -0.2) is 47.0 Å². The zero-order chi connectivity index (χ0) is 19.6. The third-order valence-electron chi connectivity index (χ3n) is 4.96. The molecule has 1 aliphatic rings. The van der Waals surface area contributed by atoms with Crippen molar-refractivity contribution in [3.05, 3.63) is 51.7 Å². The number of hydrogen-bond donors (Lipinski definition) is 0. The minimum absolute atomic E-state index is 0.0844. The van der Waals surface area contributed by atoms with Gasteiger partial charge in [-0.3, -0.25) is 4.79 Å². The van der Waals surface area contributed by atoms with Crippen LogP contribution in [0.25, 0.3) is 0 Å². The second-order valence-corrected chi connectivity index (χ2v) is 7.15. The number of aromatic nitrogens is 2. The highest BCUT2D eigenvalue weighted by Crippen LogP contribution is 2.29. The van der Waals surface area contributed by atoms with Gasteiger partial charge in [-0.25, -0.2) is 14.4 Å². The standard InChI is InChI=1S/C20H24ClFN4O/c1-4-19-16(12-15-17(21)6-5-7-18(15)22)20(24-13(2)23-19)26-10-8-25(9-11-26)14(3)27/h5-7H,4,8-12H2,1-3H3. The van der Waals surface area contributed by atoms with E-state index in [-0.39, 0.29) is 11.7 Å². The summed E-state index contributed by atoms with van der Waals surface area (Å²) in [7, 11) is 0. The number of anilines is 1. The molecule has 0 saturated carbocycles. The molecule has 0 atom stereocenters. The topological polar surface area (TPSA) is 49.3 Å². The maximum Gasteiger partial charge on any atom is 0.219 e. The van der Waals surface area contributed by atoms with Gasteiger partial charge in [0.05, 0.1) is 0 Å². The summed E-state index contributed by atoms with van der Waals surface area (Å²) >= 11 is 6.26. The van der Waals surface area contributed by atoms with Crippen LogP contribution in [0.4, 0.5) is 10.2 Å². The van der Waals surface area contributed by atoms with Gasteiger partial charge in [-0.15, -0.1) is 0 Å². The van der Waals surface area contributed by atoms with Crippen molar-refractivity contribution in [2.75, 3.05) is 31.1 Å². The van der Waals surface area contributed by atoms with Crippen LogP contribution in [0.15, 0.2) is 18.2 Å². The normalized spacial score (nSPS) is 14.6. The first-order valence-electron chi connectivity index (χ1n) is 9.20. The van der Waals surface area contributed by atoms with E-state index in [0.717, 1.165) is 23.5 Å². The van der Waals surface area contributed by atoms with Crippen molar-refractivity contribution in [3.63, 3.8) is 0 Å². The van der Waals surface area contributed by atoms with Gasteiger partial charge in [-0.05, 0) is 25.5 Å². The van der Waals surface area contributed by atoms with Crippen molar-refractivity contribution < 1.29 is 9.18 Å². The third kappa shape index (κ3) is 4.21. The number of carbonyl (C=O) groups excluding carboxylic acids is 1. The van der Waals surface area contributed by atoms with E-state index in [1.165, 1.54) is 6.07 Å². The van der Waals surface area contributed by atoms with Gasteiger partial charge < -0.3 is 9.80 Å². The molecule has 0 N–H and O–H groups in total. The van der Waals surface area contributed by atoms with E-state index in [9.17, 15) is 9.18 Å². The Labute approximate surface area is 164 Å². The Morgan fingerprint density at radius 1 is 1.19 bits per heavy atom. The summed E-state index contributed by atoms with van der Waals surface area (Å²) in [5.74, 6) is 1.28. The summed E-state index contributed by atoms with van der Waals surface area (Å²) < 4.78 is 14.4. The fourth-order valence-corrected chi connectivity index (χ4v) is 3.71. The minimum atomic E-state index is -0.322. The Morgan fingerprint density at radius 3 is 2.48 bits per heavy atom. The molecule has 144 valence electrons. The number of hydrogen-bond acceptors (Lipinski definition) is 4. The van der Waals surface area contributed by atoms with Gasteiger partial charge in [-0.1, -0.05) is 24.6 Å². The SMILES string of the molecule is CCc1nc(C)nc(N2CCN(C(C)=O)CC2)c1Cc1c(F)cccc1Cl. The second kappa shape index (κ2) is 8.21. The van der Waals surface area contributed by atoms with Crippen molar-refractivity contribution in [2.24, 2.45) is 0 Å². The summed E-state index contributed by atoms with van der Waals surface area (Å²) in [6.07, 6.45) is 1.07. The average Bonchev–Trinajstić information content (AvgIpc) is 2.65. The smallest absolute Gasteiger partial charge is 0.219 e. The molecule has 0 spiro atoms. The van der Waals surface area contributed by atoms with Gasteiger partial charge in [0.25, 0.3) is 0 Å². The van der Waals surface area contributed by atoms with Crippen LogP contribution in [-0.2, 0) is 17.6 Å². The van der Waals surface area contributed by atoms with Crippen LogP contribution in [0.5, 0.6) is 0 Å². The van der Waals surface area contributed by atoms with E-state index in [0.29, 0.717) is 49.0 Å². The average molecular weight is 391 g/mol. The number of carbonyl (C=O) groups is 1. The molecule has 0 aliphatic carbocycles. The fourth-order valence-electron chi connectivity index (χ4n) is 3.48. The first-order chi connectivity index (χ1) is 12.9. The third-order valence-corrected chi connectivity index (χ3v) is 5.31. The summed E-state index contributed by atoms with van der Waals surface area (Å²) in [5, 5.41) is 0.407. The number of aryl methyl sites for hydroxylation is 2. The number of piperazine rings is 1. The van der Waals surface area contributed by atoms with Crippen molar-refractivity contribution in [1.82, 2.24) is 14.9 Å². The first kappa shape index (κ1) is 19.5. The first-order valence-corrected chi connectivity index (χ1v) is 9.58. The van der Waals surface area contributed by atoms with Gasteiger partial charge in [0, 0.05) is 61.4 Å². The summed E-state index contributed by atoms with van der Waals surface area (Å²) in [6.45, 7) is 8.18. The molecule has 1 aliphatic heterocycles. The van der Waals surface area contributed by atoms with Crippen LogP contribution < -0.4 is 4.90 Å².